The van der Waals surface area contributed by atoms with Gasteiger partial charge < -0.3 is 14.6 Å². The Labute approximate surface area is 136 Å². The van der Waals surface area contributed by atoms with Crippen LogP contribution in [0.4, 0.5) is 0 Å². The van der Waals surface area contributed by atoms with Crippen LogP contribution in [0.25, 0.3) is 0 Å². The summed E-state index contributed by atoms with van der Waals surface area (Å²) < 4.78 is 11.9. The van der Waals surface area contributed by atoms with E-state index in [2.05, 4.69) is 15.9 Å². The lowest BCUT2D eigenvalue weighted by atomic mass is 9.99. The first-order chi connectivity index (χ1) is 10.1. The van der Waals surface area contributed by atoms with Crippen molar-refractivity contribution in [1.29, 1.82) is 0 Å². The molecule has 0 bridgehead atoms. The molecular formula is C16H14BrClO3. The first-order valence-corrected chi connectivity index (χ1v) is 7.73. The molecule has 0 radical (unpaired) electrons. The summed E-state index contributed by atoms with van der Waals surface area (Å²) in [6.45, 7) is 0. The predicted molar refractivity (Wildman–Crippen MR) is 85.2 cm³/mol. The highest BCUT2D eigenvalue weighted by atomic mass is 79.9. The van der Waals surface area contributed by atoms with Gasteiger partial charge in [-0.2, -0.15) is 0 Å². The average Bonchev–Trinajstić information content (AvgIpc) is 2.89. The second kappa shape index (κ2) is 5.87. The van der Waals surface area contributed by atoms with Crippen LogP contribution < -0.4 is 9.47 Å². The molecule has 2 aromatic rings. The maximum absolute atomic E-state index is 10.7. The lowest BCUT2D eigenvalue weighted by molar-refractivity contribution is 0.0474. The lowest BCUT2D eigenvalue weighted by Gasteiger charge is -2.21. The molecule has 0 saturated carbocycles. The van der Waals surface area contributed by atoms with E-state index in [1.807, 2.05) is 24.3 Å². The first kappa shape index (κ1) is 14.7. The van der Waals surface area contributed by atoms with Crippen LogP contribution in [0.15, 0.2) is 40.9 Å². The molecule has 0 amide bonds. The highest BCUT2D eigenvalue weighted by molar-refractivity contribution is 9.10. The lowest BCUT2D eigenvalue weighted by Crippen LogP contribution is -2.23. The van der Waals surface area contributed by atoms with Crippen molar-refractivity contribution in [3.8, 4) is 11.5 Å². The van der Waals surface area contributed by atoms with Crippen molar-refractivity contribution in [3.05, 3.63) is 57.0 Å². The fraction of sp³-hybridized carbons (Fsp3) is 0.250. The van der Waals surface area contributed by atoms with Crippen molar-refractivity contribution in [2.45, 2.75) is 18.6 Å². The van der Waals surface area contributed by atoms with E-state index in [0.29, 0.717) is 27.2 Å². The summed E-state index contributed by atoms with van der Waals surface area (Å²) in [6.07, 6.45) is -0.506. The van der Waals surface area contributed by atoms with E-state index in [9.17, 15) is 5.11 Å². The van der Waals surface area contributed by atoms with Gasteiger partial charge in [0.2, 0.25) is 0 Å². The minimum absolute atomic E-state index is 0.346. The van der Waals surface area contributed by atoms with E-state index in [1.54, 1.807) is 19.2 Å². The molecule has 1 aliphatic rings. The van der Waals surface area contributed by atoms with E-state index < -0.39 is 6.10 Å². The predicted octanol–water partition coefficient (Wildman–Crippen LogP) is 4.15. The number of hydrogen-bond acceptors (Lipinski definition) is 3. The normalized spacial score (nSPS) is 18.0. The molecule has 0 aliphatic carbocycles. The number of fused-ring (bicyclic) bond motifs is 1. The van der Waals surface area contributed by atoms with Gasteiger partial charge in [-0.25, -0.2) is 0 Å². The molecule has 1 N–H and O–H groups in total. The van der Waals surface area contributed by atoms with Gasteiger partial charge >= 0.3 is 0 Å². The fourth-order valence-corrected chi connectivity index (χ4v) is 3.60. The molecular weight excluding hydrogens is 356 g/mol. The average molecular weight is 370 g/mol. The van der Waals surface area contributed by atoms with Crippen LogP contribution >= 0.6 is 27.5 Å². The zero-order valence-electron chi connectivity index (χ0n) is 11.3. The maximum Gasteiger partial charge on any atom is 0.139 e. The van der Waals surface area contributed by atoms with Crippen molar-refractivity contribution in [1.82, 2.24) is 0 Å². The number of aliphatic hydroxyl groups is 1. The van der Waals surface area contributed by atoms with Gasteiger partial charge in [-0.05, 0) is 39.7 Å². The van der Waals surface area contributed by atoms with Crippen molar-refractivity contribution < 1.29 is 14.6 Å². The van der Waals surface area contributed by atoms with Gasteiger partial charge in [-0.1, -0.05) is 29.8 Å². The Kier molecular flexibility index (Phi) is 4.11. The Morgan fingerprint density at radius 2 is 2.14 bits per heavy atom. The minimum atomic E-state index is -0.817. The van der Waals surface area contributed by atoms with E-state index in [-0.39, 0.29) is 6.10 Å². The number of methoxy groups -OCH3 is 1. The van der Waals surface area contributed by atoms with Crippen LogP contribution in [-0.4, -0.2) is 18.3 Å². The smallest absolute Gasteiger partial charge is 0.139 e. The Balaban J connectivity index is 1.92. The Hall–Kier alpha value is -1.23. The number of ether oxygens (including phenoxy) is 2. The maximum atomic E-state index is 10.7. The number of aliphatic hydroxyl groups excluding tert-OH is 1. The van der Waals surface area contributed by atoms with Gasteiger partial charge in [0.1, 0.15) is 23.7 Å². The number of rotatable bonds is 3. The van der Waals surface area contributed by atoms with Gasteiger partial charge in [0.05, 0.1) is 11.6 Å². The molecule has 2 aromatic carbocycles. The quantitative estimate of drug-likeness (QED) is 0.883. The van der Waals surface area contributed by atoms with Crippen molar-refractivity contribution >= 4 is 27.5 Å². The summed E-state index contributed by atoms with van der Waals surface area (Å²) in [5.74, 6) is 1.40. The number of benzene rings is 2. The molecule has 21 heavy (non-hydrogen) atoms. The largest absolute Gasteiger partial charge is 0.495 e. The molecule has 0 saturated heterocycles. The molecule has 3 nitrogen and oxygen atoms in total. The molecule has 1 aliphatic heterocycles. The highest BCUT2D eigenvalue weighted by Crippen LogP contribution is 2.40. The number of hydrogen-bond donors (Lipinski definition) is 1. The zero-order valence-corrected chi connectivity index (χ0v) is 13.7. The SMILES string of the molecule is COc1c(Br)cc(Cl)cc1C(O)C1Cc2ccccc2O1. The van der Waals surface area contributed by atoms with Crippen molar-refractivity contribution in [2.75, 3.05) is 7.11 Å². The summed E-state index contributed by atoms with van der Waals surface area (Å²) in [6, 6.07) is 11.3. The van der Waals surface area contributed by atoms with Crippen LogP contribution in [0, 0.1) is 0 Å². The van der Waals surface area contributed by atoms with Crippen LogP contribution in [-0.2, 0) is 6.42 Å². The number of para-hydroxylation sites is 1. The minimum Gasteiger partial charge on any atom is -0.495 e. The van der Waals surface area contributed by atoms with Crippen LogP contribution in [0.3, 0.4) is 0 Å². The third-order valence-corrected chi connectivity index (χ3v) is 4.39. The van der Waals surface area contributed by atoms with Crippen molar-refractivity contribution in [3.63, 3.8) is 0 Å². The summed E-state index contributed by atoms with van der Waals surface area (Å²) in [7, 11) is 1.56. The van der Waals surface area contributed by atoms with Gasteiger partial charge in [-0.3, -0.25) is 0 Å². The van der Waals surface area contributed by atoms with Crippen molar-refractivity contribution in [2.24, 2.45) is 0 Å². The summed E-state index contributed by atoms with van der Waals surface area (Å²) in [5, 5.41) is 11.2. The molecule has 3 rings (SSSR count). The highest BCUT2D eigenvalue weighted by Gasteiger charge is 2.32. The van der Waals surface area contributed by atoms with Crippen LogP contribution in [0.1, 0.15) is 17.2 Å². The molecule has 0 aromatic heterocycles. The molecule has 0 fully saturated rings. The molecule has 110 valence electrons. The van der Waals surface area contributed by atoms with Gasteiger partial charge in [0.25, 0.3) is 0 Å². The van der Waals surface area contributed by atoms with E-state index in [0.717, 1.165) is 11.3 Å². The van der Waals surface area contributed by atoms with E-state index in [1.165, 1.54) is 0 Å². The zero-order chi connectivity index (χ0) is 15.0. The molecule has 2 atom stereocenters. The first-order valence-electron chi connectivity index (χ1n) is 6.55. The number of halogens is 2. The Bertz CT molecular complexity index is 650. The second-order valence-electron chi connectivity index (χ2n) is 4.92. The van der Waals surface area contributed by atoms with E-state index in [4.69, 9.17) is 21.1 Å². The fourth-order valence-electron chi connectivity index (χ4n) is 2.60. The monoisotopic (exact) mass is 368 g/mol. The third-order valence-electron chi connectivity index (χ3n) is 3.58. The van der Waals surface area contributed by atoms with Gasteiger partial charge in [-0.15, -0.1) is 0 Å². The van der Waals surface area contributed by atoms with E-state index >= 15 is 0 Å². The standard InChI is InChI=1S/C16H14BrClO3/c1-20-16-11(7-10(18)8-12(16)17)15(19)14-6-9-4-2-3-5-13(9)21-14/h2-5,7-8,14-15,19H,6H2,1H3. The van der Waals surface area contributed by atoms with Gasteiger partial charge in [0.15, 0.2) is 0 Å². The van der Waals surface area contributed by atoms with Gasteiger partial charge in [0, 0.05) is 17.0 Å². The summed E-state index contributed by atoms with van der Waals surface area (Å²) in [5.41, 5.74) is 1.72. The Morgan fingerprint density at radius 1 is 1.38 bits per heavy atom. The third kappa shape index (κ3) is 2.76. The summed E-state index contributed by atoms with van der Waals surface area (Å²) in [4.78, 5) is 0. The molecule has 0 spiro atoms. The van der Waals surface area contributed by atoms with Crippen LogP contribution in [0.2, 0.25) is 5.02 Å². The molecule has 5 heteroatoms. The summed E-state index contributed by atoms with van der Waals surface area (Å²) >= 11 is 9.48. The topological polar surface area (TPSA) is 38.7 Å². The van der Waals surface area contributed by atoms with Crippen LogP contribution in [0.5, 0.6) is 11.5 Å². The molecule has 1 heterocycles. The molecule has 2 unspecified atom stereocenters. The Morgan fingerprint density at radius 3 is 2.86 bits per heavy atom. The second-order valence-corrected chi connectivity index (χ2v) is 6.21.